The maximum Gasteiger partial charge on any atom is 0.227 e. The maximum atomic E-state index is 6.04. The molecule has 0 fully saturated rings. The van der Waals surface area contributed by atoms with Crippen molar-refractivity contribution in [3.63, 3.8) is 0 Å². The van der Waals surface area contributed by atoms with Crippen LogP contribution >= 0.6 is 11.6 Å². The van der Waals surface area contributed by atoms with Crippen LogP contribution < -0.4 is 0 Å². The molecule has 4 rings (SSSR count). The first-order valence-corrected chi connectivity index (χ1v) is 8.58. The van der Waals surface area contributed by atoms with E-state index in [4.69, 9.17) is 16.0 Å². The predicted molar refractivity (Wildman–Crippen MR) is 108 cm³/mol. The number of nitrogens with zero attached hydrogens (tertiary/aromatic N) is 2. The highest BCUT2D eigenvalue weighted by Crippen LogP contribution is 2.28. The molecule has 0 amide bonds. The number of halogens is 1. The van der Waals surface area contributed by atoms with Gasteiger partial charge in [0.25, 0.3) is 0 Å². The van der Waals surface area contributed by atoms with Gasteiger partial charge >= 0.3 is 0 Å². The van der Waals surface area contributed by atoms with Gasteiger partial charge in [-0.15, -0.1) is 0 Å². The number of benzene rings is 3. The van der Waals surface area contributed by atoms with E-state index in [1.165, 1.54) is 0 Å². The van der Waals surface area contributed by atoms with E-state index in [9.17, 15) is 0 Å². The molecule has 0 aliphatic rings. The van der Waals surface area contributed by atoms with Crippen molar-refractivity contribution in [2.45, 2.75) is 0 Å². The zero-order valence-electron chi connectivity index (χ0n) is 13.8. The molecule has 0 saturated carbocycles. The van der Waals surface area contributed by atoms with Gasteiger partial charge in [-0.25, -0.2) is 4.98 Å². The summed E-state index contributed by atoms with van der Waals surface area (Å²) in [6, 6.07) is 23.2. The predicted octanol–water partition coefficient (Wildman–Crippen LogP) is 6.56. The summed E-state index contributed by atoms with van der Waals surface area (Å²) in [4.78, 5) is 9.00. The zero-order valence-corrected chi connectivity index (χ0v) is 14.6. The van der Waals surface area contributed by atoms with Crippen molar-refractivity contribution in [1.29, 1.82) is 0 Å². The molecule has 3 aromatic carbocycles. The van der Waals surface area contributed by atoms with Crippen LogP contribution in [0.4, 0.5) is 5.69 Å². The Morgan fingerprint density at radius 3 is 2.65 bits per heavy atom. The average molecular weight is 359 g/mol. The Hall–Kier alpha value is -3.17. The molecule has 3 nitrogen and oxygen atoms in total. The highest BCUT2D eigenvalue weighted by molar-refractivity contribution is 6.30. The average Bonchev–Trinajstić information content (AvgIpc) is 3.10. The second-order valence-corrected chi connectivity index (χ2v) is 6.17. The molecule has 0 N–H and O–H groups in total. The van der Waals surface area contributed by atoms with Crippen LogP contribution in [0.1, 0.15) is 5.56 Å². The van der Waals surface area contributed by atoms with E-state index in [1.54, 1.807) is 6.21 Å². The third-order valence-corrected chi connectivity index (χ3v) is 4.08. The van der Waals surface area contributed by atoms with E-state index >= 15 is 0 Å². The topological polar surface area (TPSA) is 38.4 Å². The van der Waals surface area contributed by atoms with Gasteiger partial charge in [-0.3, -0.25) is 4.99 Å². The van der Waals surface area contributed by atoms with Gasteiger partial charge in [0.1, 0.15) is 5.52 Å². The van der Waals surface area contributed by atoms with Crippen molar-refractivity contribution >= 4 is 40.7 Å². The summed E-state index contributed by atoms with van der Waals surface area (Å²) in [5.41, 5.74) is 4.29. The van der Waals surface area contributed by atoms with Crippen molar-refractivity contribution in [1.82, 2.24) is 4.98 Å². The quantitative estimate of drug-likeness (QED) is 0.387. The molecule has 0 spiro atoms. The Labute approximate surface area is 156 Å². The summed E-state index contributed by atoms with van der Waals surface area (Å²) in [6.07, 6.45) is 5.70. The van der Waals surface area contributed by atoms with Gasteiger partial charge < -0.3 is 4.42 Å². The number of oxazole rings is 1. The molecule has 0 bridgehead atoms. The molecule has 1 aromatic heterocycles. The van der Waals surface area contributed by atoms with Gasteiger partial charge in [-0.05, 0) is 48.0 Å². The summed E-state index contributed by atoms with van der Waals surface area (Å²) in [5.74, 6) is 0.549. The minimum atomic E-state index is 0.549. The largest absolute Gasteiger partial charge is 0.436 e. The Bertz CT molecular complexity index is 1100. The first kappa shape index (κ1) is 16.3. The lowest BCUT2D eigenvalue weighted by atomic mass is 10.2. The fraction of sp³-hybridized carbons (Fsp3) is 0. The smallest absolute Gasteiger partial charge is 0.227 e. The lowest BCUT2D eigenvalue weighted by molar-refractivity contribution is 0.620. The van der Waals surface area contributed by atoms with Gasteiger partial charge in [-0.1, -0.05) is 54.1 Å². The minimum Gasteiger partial charge on any atom is -0.436 e. The maximum absolute atomic E-state index is 6.04. The standard InChI is InChI=1S/C22H15ClN2O/c23-18-10-4-9-17(14-18)22-25-20-15-19(11-12-21(20)26-22)24-13-5-8-16-6-2-1-3-7-16/h1-15H/b8-5+,24-13?. The summed E-state index contributed by atoms with van der Waals surface area (Å²) >= 11 is 6.04. The highest BCUT2D eigenvalue weighted by atomic mass is 35.5. The molecule has 1 heterocycles. The number of aliphatic imine (C=N–C) groups is 1. The van der Waals surface area contributed by atoms with Crippen LogP contribution in [-0.4, -0.2) is 11.2 Å². The zero-order chi connectivity index (χ0) is 17.8. The number of fused-ring (bicyclic) bond motifs is 1. The first-order valence-electron chi connectivity index (χ1n) is 8.20. The van der Waals surface area contributed by atoms with Crippen LogP contribution in [0.25, 0.3) is 28.6 Å². The van der Waals surface area contributed by atoms with Gasteiger partial charge in [0.05, 0.1) is 5.69 Å². The number of hydrogen-bond acceptors (Lipinski definition) is 3. The van der Waals surface area contributed by atoms with Crippen LogP contribution in [0.2, 0.25) is 5.02 Å². The molecule has 0 aliphatic carbocycles. The van der Waals surface area contributed by atoms with Crippen molar-refractivity contribution in [2.24, 2.45) is 4.99 Å². The molecule has 0 saturated heterocycles. The molecule has 4 aromatic rings. The normalized spacial score (nSPS) is 11.7. The molecule has 4 heteroatoms. The van der Waals surface area contributed by atoms with Gasteiger partial charge in [0, 0.05) is 16.8 Å². The van der Waals surface area contributed by atoms with E-state index in [0.29, 0.717) is 10.9 Å². The fourth-order valence-corrected chi connectivity index (χ4v) is 2.78. The molecule has 0 atom stereocenters. The fourth-order valence-electron chi connectivity index (χ4n) is 2.59. The molecule has 0 radical (unpaired) electrons. The molecular weight excluding hydrogens is 344 g/mol. The molecule has 126 valence electrons. The van der Waals surface area contributed by atoms with Gasteiger partial charge in [0.15, 0.2) is 5.58 Å². The second kappa shape index (κ2) is 7.38. The van der Waals surface area contributed by atoms with Gasteiger partial charge in [0.2, 0.25) is 5.89 Å². The van der Waals surface area contributed by atoms with Crippen LogP contribution in [0, 0.1) is 0 Å². The Balaban J connectivity index is 1.56. The van der Waals surface area contributed by atoms with Gasteiger partial charge in [-0.2, -0.15) is 0 Å². The van der Waals surface area contributed by atoms with E-state index in [2.05, 4.69) is 9.98 Å². The number of rotatable bonds is 4. The second-order valence-electron chi connectivity index (χ2n) is 5.73. The molecule has 26 heavy (non-hydrogen) atoms. The van der Waals surface area contributed by atoms with Crippen molar-refractivity contribution in [3.8, 4) is 11.5 Å². The highest BCUT2D eigenvalue weighted by Gasteiger charge is 2.08. The van der Waals surface area contributed by atoms with Crippen molar-refractivity contribution in [3.05, 3.63) is 89.5 Å². The van der Waals surface area contributed by atoms with Crippen LogP contribution in [0.5, 0.6) is 0 Å². The molecular formula is C22H15ClN2O. The van der Waals surface area contributed by atoms with Crippen LogP contribution in [0.15, 0.2) is 88.3 Å². The number of aromatic nitrogens is 1. The Morgan fingerprint density at radius 2 is 1.81 bits per heavy atom. The number of allylic oxidation sites excluding steroid dienone is 1. The van der Waals surface area contributed by atoms with E-state index in [1.807, 2.05) is 84.9 Å². The Kier molecular flexibility index (Phi) is 4.63. The van der Waals surface area contributed by atoms with E-state index in [0.717, 1.165) is 27.9 Å². The summed E-state index contributed by atoms with van der Waals surface area (Å²) in [5, 5.41) is 0.653. The monoisotopic (exact) mass is 358 g/mol. The summed E-state index contributed by atoms with van der Waals surface area (Å²) < 4.78 is 5.81. The summed E-state index contributed by atoms with van der Waals surface area (Å²) in [6.45, 7) is 0. The van der Waals surface area contributed by atoms with E-state index < -0.39 is 0 Å². The molecule has 0 aliphatic heterocycles. The lowest BCUT2D eigenvalue weighted by Gasteiger charge is -1.94. The third-order valence-electron chi connectivity index (χ3n) is 3.84. The number of hydrogen-bond donors (Lipinski definition) is 0. The minimum absolute atomic E-state index is 0.549. The van der Waals surface area contributed by atoms with Crippen LogP contribution in [-0.2, 0) is 0 Å². The van der Waals surface area contributed by atoms with E-state index in [-0.39, 0.29) is 0 Å². The van der Waals surface area contributed by atoms with Crippen molar-refractivity contribution in [2.75, 3.05) is 0 Å². The van der Waals surface area contributed by atoms with Crippen LogP contribution in [0.3, 0.4) is 0 Å². The SMILES string of the molecule is Clc1cccc(-c2nc3cc(N=C/C=C/c4ccccc4)ccc3o2)c1. The lowest BCUT2D eigenvalue weighted by Crippen LogP contribution is -1.76. The first-order chi connectivity index (χ1) is 12.8. The van der Waals surface area contributed by atoms with Crippen molar-refractivity contribution < 1.29 is 4.42 Å². The molecule has 0 unspecified atom stereocenters. The third kappa shape index (κ3) is 3.73. The summed E-state index contributed by atoms with van der Waals surface area (Å²) in [7, 11) is 0. The Morgan fingerprint density at radius 1 is 0.923 bits per heavy atom.